The van der Waals surface area contributed by atoms with Gasteiger partial charge in [-0.2, -0.15) is 0 Å². The number of methoxy groups -OCH3 is 1. The van der Waals surface area contributed by atoms with Gasteiger partial charge in [-0.25, -0.2) is 4.98 Å². The molecule has 7 heteroatoms. The smallest absolute Gasteiger partial charge is 0.251 e. The van der Waals surface area contributed by atoms with Crippen molar-refractivity contribution in [3.8, 4) is 17.0 Å². The van der Waals surface area contributed by atoms with E-state index < -0.39 is 0 Å². The highest BCUT2D eigenvalue weighted by Crippen LogP contribution is 2.26. The summed E-state index contributed by atoms with van der Waals surface area (Å²) in [6, 6.07) is 12.7. The average Bonchev–Trinajstić information content (AvgIpc) is 2.80. The molecule has 1 aliphatic heterocycles. The van der Waals surface area contributed by atoms with Crippen LogP contribution in [-0.4, -0.2) is 46.0 Å². The minimum Gasteiger partial charge on any atom is -0.497 e. The Kier molecular flexibility index (Phi) is 5.88. The number of pyridine rings is 1. The summed E-state index contributed by atoms with van der Waals surface area (Å²) in [5, 5.41) is 0. The van der Waals surface area contributed by atoms with Gasteiger partial charge < -0.3 is 14.6 Å². The van der Waals surface area contributed by atoms with Crippen LogP contribution < -0.4 is 10.3 Å². The number of rotatable bonds is 5. The number of nitrogens with one attached hydrogen (secondary N) is 1. The first-order valence-corrected chi connectivity index (χ1v) is 10.0. The highest BCUT2D eigenvalue weighted by Gasteiger charge is 2.26. The Morgan fingerprint density at radius 2 is 1.97 bits per heavy atom. The molecule has 1 aliphatic rings. The molecule has 30 heavy (non-hydrogen) atoms. The lowest BCUT2D eigenvalue weighted by Crippen LogP contribution is -2.40. The molecule has 3 aromatic rings. The van der Waals surface area contributed by atoms with Crippen LogP contribution in [0, 0.1) is 0 Å². The van der Waals surface area contributed by atoms with Gasteiger partial charge in [0, 0.05) is 43.0 Å². The Bertz CT molecular complexity index is 1060. The van der Waals surface area contributed by atoms with Crippen LogP contribution in [0.15, 0.2) is 59.7 Å². The first-order chi connectivity index (χ1) is 14.6. The third-order valence-electron chi connectivity index (χ3n) is 5.41. The van der Waals surface area contributed by atoms with Crippen molar-refractivity contribution in [3.05, 3.63) is 76.6 Å². The minimum atomic E-state index is -0.187. The largest absolute Gasteiger partial charge is 0.497 e. The number of aromatic amines is 1. The van der Waals surface area contributed by atoms with E-state index in [-0.39, 0.29) is 17.4 Å². The number of nitrogens with zero attached hydrogens (tertiary/aromatic N) is 3. The molecule has 1 saturated heterocycles. The number of amides is 1. The van der Waals surface area contributed by atoms with E-state index >= 15 is 0 Å². The summed E-state index contributed by atoms with van der Waals surface area (Å²) in [6.07, 6.45) is 5.46. The maximum Gasteiger partial charge on any atom is 0.251 e. The quantitative estimate of drug-likeness (QED) is 0.706. The lowest BCUT2D eigenvalue weighted by Gasteiger charge is -2.32. The Labute approximate surface area is 174 Å². The van der Waals surface area contributed by atoms with Gasteiger partial charge in [0.05, 0.1) is 19.2 Å². The zero-order valence-corrected chi connectivity index (χ0v) is 16.9. The van der Waals surface area contributed by atoms with Crippen LogP contribution in [0.25, 0.3) is 11.3 Å². The molecular formula is C23H24N4O3. The molecule has 0 aliphatic carbocycles. The molecule has 1 amide bonds. The van der Waals surface area contributed by atoms with Crippen molar-refractivity contribution in [2.45, 2.75) is 25.2 Å². The SMILES string of the molecule is COc1ccc(CC(=O)N2CCCC(c3nc(-c4ccncc4)cc(=O)[nH]3)C2)cc1. The molecule has 154 valence electrons. The molecule has 2 aromatic heterocycles. The van der Waals surface area contributed by atoms with Gasteiger partial charge in [0.1, 0.15) is 11.6 Å². The maximum atomic E-state index is 12.8. The molecule has 4 rings (SSSR count). The summed E-state index contributed by atoms with van der Waals surface area (Å²) in [5.74, 6) is 1.50. The molecule has 3 heterocycles. The molecule has 0 spiro atoms. The fourth-order valence-electron chi connectivity index (χ4n) is 3.80. The number of likely N-dealkylation sites (tertiary alicyclic amines) is 1. The van der Waals surface area contributed by atoms with Crippen LogP contribution in [0.4, 0.5) is 0 Å². The summed E-state index contributed by atoms with van der Waals surface area (Å²) in [7, 11) is 1.62. The number of hydrogen-bond acceptors (Lipinski definition) is 5. The van der Waals surface area contributed by atoms with E-state index in [0.29, 0.717) is 24.5 Å². The Morgan fingerprint density at radius 3 is 2.70 bits per heavy atom. The second-order valence-electron chi connectivity index (χ2n) is 7.46. The minimum absolute atomic E-state index is 0.00746. The number of H-pyrrole nitrogens is 1. The van der Waals surface area contributed by atoms with E-state index in [4.69, 9.17) is 4.74 Å². The molecule has 1 aromatic carbocycles. The van der Waals surface area contributed by atoms with Crippen molar-refractivity contribution in [1.29, 1.82) is 0 Å². The summed E-state index contributed by atoms with van der Waals surface area (Å²) in [5.41, 5.74) is 2.24. The zero-order chi connectivity index (χ0) is 20.9. The molecule has 0 saturated carbocycles. The molecular weight excluding hydrogens is 380 g/mol. The van der Waals surface area contributed by atoms with Crippen molar-refractivity contribution in [3.63, 3.8) is 0 Å². The van der Waals surface area contributed by atoms with Crippen LogP contribution in [0.1, 0.15) is 30.1 Å². The average molecular weight is 404 g/mol. The monoisotopic (exact) mass is 404 g/mol. The van der Waals surface area contributed by atoms with Gasteiger partial charge in [0.15, 0.2) is 0 Å². The molecule has 7 nitrogen and oxygen atoms in total. The number of aromatic nitrogens is 3. The van der Waals surface area contributed by atoms with E-state index in [0.717, 1.165) is 36.3 Å². The zero-order valence-electron chi connectivity index (χ0n) is 16.9. The summed E-state index contributed by atoms with van der Waals surface area (Å²) >= 11 is 0. The van der Waals surface area contributed by atoms with Gasteiger partial charge in [-0.1, -0.05) is 12.1 Å². The fourth-order valence-corrected chi connectivity index (χ4v) is 3.80. The number of hydrogen-bond donors (Lipinski definition) is 1. The molecule has 1 unspecified atom stereocenters. The standard InChI is InChI=1S/C23H24N4O3/c1-30-19-6-4-16(5-7-19)13-22(29)27-12-2-3-18(15-27)23-25-20(14-21(28)26-23)17-8-10-24-11-9-17/h4-11,14,18H,2-3,12-13,15H2,1H3,(H,25,26,28). The topological polar surface area (TPSA) is 88.2 Å². The van der Waals surface area contributed by atoms with Crippen LogP contribution >= 0.6 is 0 Å². The summed E-state index contributed by atoms with van der Waals surface area (Å²) < 4.78 is 5.17. The van der Waals surface area contributed by atoms with Gasteiger partial charge in [0.25, 0.3) is 5.56 Å². The van der Waals surface area contributed by atoms with Crippen molar-refractivity contribution in [2.75, 3.05) is 20.2 Å². The fraction of sp³-hybridized carbons (Fsp3) is 0.304. The van der Waals surface area contributed by atoms with E-state index in [1.807, 2.05) is 41.3 Å². The van der Waals surface area contributed by atoms with E-state index in [1.54, 1.807) is 19.5 Å². The van der Waals surface area contributed by atoms with Crippen molar-refractivity contribution < 1.29 is 9.53 Å². The second-order valence-corrected chi connectivity index (χ2v) is 7.46. The number of carbonyl (C=O) groups excluding carboxylic acids is 1. The van der Waals surface area contributed by atoms with Crippen molar-refractivity contribution in [2.24, 2.45) is 0 Å². The van der Waals surface area contributed by atoms with Crippen molar-refractivity contribution >= 4 is 5.91 Å². The van der Waals surface area contributed by atoms with E-state index in [1.165, 1.54) is 6.07 Å². The van der Waals surface area contributed by atoms with Gasteiger partial charge in [-0.3, -0.25) is 14.6 Å². The van der Waals surface area contributed by atoms with Gasteiger partial charge >= 0.3 is 0 Å². The van der Waals surface area contributed by atoms with Gasteiger partial charge in [-0.15, -0.1) is 0 Å². The summed E-state index contributed by atoms with van der Waals surface area (Å²) in [4.78, 5) is 38.5. The molecule has 0 radical (unpaired) electrons. The first kappa shape index (κ1) is 19.8. The third kappa shape index (κ3) is 4.56. The van der Waals surface area contributed by atoms with E-state index in [2.05, 4.69) is 15.0 Å². The lowest BCUT2D eigenvalue weighted by atomic mass is 9.96. The van der Waals surface area contributed by atoms with Gasteiger partial charge in [0.2, 0.25) is 5.91 Å². The number of piperidine rings is 1. The van der Waals surface area contributed by atoms with Gasteiger partial charge in [-0.05, 0) is 42.7 Å². The number of ether oxygens (including phenoxy) is 1. The highest BCUT2D eigenvalue weighted by molar-refractivity contribution is 5.79. The van der Waals surface area contributed by atoms with E-state index in [9.17, 15) is 9.59 Å². The molecule has 1 fully saturated rings. The predicted molar refractivity (Wildman–Crippen MR) is 113 cm³/mol. The molecule has 1 atom stereocenters. The van der Waals surface area contributed by atoms with Crippen LogP contribution in [0.2, 0.25) is 0 Å². The third-order valence-corrected chi connectivity index (χ3v) is 5.41. The maximum absolute atomic E-state index is 12.8. The lowest BCUT2D eigenvalue weighted by molar-refractivity contribution is -0.131. The van der Waals surface area contributed by atoms with Crippen molar-refractivity contribution in [1.82, 2.24) is 19.9 Å². The molecule has 0 bridgehead atoms. The Balaban J connectivity index is 1.49. The Hall–Kier alpha value is -3.48. The Morgan fingerprint density at radius 1 is 1.20 bits per heavy atom. The first-order valence-electron chi connectivity index (χ1n) is 10.0. The predicted octanol–water partition coefficient (Wildman–Crippen LogP) is 2.79. The van der Waals surface area contributed by atoms with Crippen LogP contribution in [-0.2, 0) is 11.2 Å². The second kappa shape index (κ2) is 8.90. The molecule has 1 N–H and O–H groups in total. The van der Waals surface area contributed by atoms with Crippen LogP contribution in [0.3, 0.4) is 0 Å². The highest BCUT2D eigenvalue weighted by atomic mass is 16.5. The number of carbonyl (C=O) groups is 1. The summed E-state index contributed by atoms with van der Waals surface area (Å²) in [6.45, 7) is 1.28. The normalized spacial score (nSPS) is 16.3. The number of benzene rings is 1. The van der Waals surface area contributed by atoms with Crippen LogP contribution in [0.5, 0.6) is 5.75 Å².